The van der Waals surface area contributed by atoms with Crippen LogP contribution in [0.15, 0.2) is 27.9 Å². The molecule has 0 bridgehead atoms. The first-order valence-corrected chi connectivity index (χ1v) is 12.1. The van der Waals surface area contributed by atoms with E-state index >= 15 is 0 Å². The van der Waals surface area contributed by atoms with Crippen molar-refractivity contribution in [1.82, 2.24) is 10.3 Å². The maximum Gasteiger partial charge on any atom is 0.253 e. The van der Waals surface area contributed by atoms with E-state index in [4.69, 9.17) is 11.6 Å². The summed E-state index contributed by atoms with van der Waals surface area (Å²) in [5, 5.41) is 2.49. The van der Waals surface area contributed by atoms with Crippen LogP contribution in [0.5, 0.6) is 0 Å². The van der Waals surface area contributed by atoms with Crippen LogP contribution >= 0.6 is 11.6 Å². The number of hydrogen-bond acceptors (Lipinski definition) is 4. The van der Waals surface area contributed by atoms with Crippen molar-refractivity contribution < 1.29 is 13.2 Å². The molecule has 1 aliphatic carbocycles. The molecule has 1 amide bonds. The highest BCUT2D eigenvalue weighted by Crippen LogP contribution is 2.33. The van der Waals surface area contributed by atoms with Crippen LogP contribution in [0.2, 0.25) is 5.02 Å². The van der Waals surface area contributed by atoms with Crippen LogP contribution < -0.4 is 10.9 Å². The molecule has 0 atom stereocenters. The number of aryl methyl sites for hydroxylation is 2. The van der Waals surface area contributed by atoms with Crippen LogP contribution in [-0.2, 0) is 16.4 Å². The topological polar surface area (TPSA) is 96.1 Å². The van der Waals surface area contributed by atoms with Crippen LogP contribution in [0, 0.1) is 20.8 Å². The van der Waals surface area contributed by atoms with Gasteiger partial charge in [-0.2, -0.15) is 0 Å². The monoisotopic (exact) mass is 450 g/mol. The van der Waals surface area contributed by atoms with Crippen LogP contribution in [-0.4, -0.2) is 24.6 Å². The number of carbonyl (C=O) groups excluding carboxylic acids is 1. The van der Waals surface area contributed by atoms with Crippen molar-refractivity contribution in [3.8, 4) is 0 Å². The molecule has 1 heterocycles. The molecule has 8 heteroatoms. The minimum atomic E-state index is -3.58. The SMILES string of the molecule is Cc1cc(C)c(CNC(=O)c2cc(Cl)cc(S(=O)(=O)C3CCCCC3)c2C)c(=O)[nH]1. The summed E-state index contributed by atoms with van der Waals surface area (Å²) in [5.41, 5.74) is 2.32. The zero-order chi connectivity index (χ0) is 22.1. The first kappa shape index (κ1) is 22.6. The molecule has 0 saturated heterocycles. The maximum atomic E-state index is 13.2. The average molecular weight is 451 g/mol. The Kier molecular flexibility index (Phi) is 6.72. The van der Waals surface area contributed by atoms with Crippen LogP contribution in [0.3, 0.4) is 0 Å². The molecule has 0 spiro atoms. The Hall–Kier alpha value is -2.12. The lowest BCUT2D eigenvalue weighted by Gasteiger charge is -2.23. The molecule has 162 valence electrons. The van der Waals surface area contributed by atoms with Crippen molar-refractivity contribution in [3.63, 3.8) is 0 Å². The van der Waals surface area contributed by atoms with E-state index in [9.17, 15) is 18.0 Å². The van der Waals surface area contributed by atoms with E-state index in [-0.39, 0.29) is 27.6 Å². The van der Waals surface area contributed by atoms with Gasteiger partial charge in [0.1, 0.15) is 0 Å². The number of pyridine rings is 1. The number of sulfone groups is 1. The number of halogens is 1. The summed E-state index contributed by atoms with van der Waals surface area (Å²) in [6, 6.07) is 4.74. The van der Waals surface area contributed by atoms with Gasteiger partial charge in [0.15, 0.2) is 9.84 Å². The number of H-pyrrole nitrogens is 1. The summed E-state index contributed by atoms with van der Waals surface area (Å²) in [6.45, 7) is 5.27. The van der Waals surface area contributed by atoms with E-state index < -0.39 is 21.0 Å². The number of hydrogen-bond donors (Lipinski definition) is 2. The third kappa shape index (κ3) is 4.62. The number of benzene rings is 1. The lowest BCUT2D eigenvalue weighted by molar-refractivity contribution is 0.0950. The van der Waals surface area contributed by atoms with Gasteiger partial charge in [-0.15, -0.1) is 0 Å². The molecule has 2 N–H and O–H groups in total. The molecule has 1 aromatic heterocycles. The first-order valence-electron chi connectivity index (χ1n) is 10.1. The maximum absolute atomic E-state index is 13.2. The zero-order valence-corrected chi connectivity index (χ0v) is 19.0. The smallest absolute Gasteiger partial charge is 0.253 e. The summed E-state index contributed by atoms with van der Waals surface area (Å²) in [4.78, 5) is 27.9. The third-order valence-corrected chi connectivity index (χ3v) is 8.39. The number of carbonyl (C=O) groups is 1. The molecule has 6 nitrogen and oxygen atoms in total. The second kappa shape index (κ2) is 8.94. The number of rotatable bonds is 5. The van der Waals surface area contributed by atoms with Gasteiger partial charge in [-0.05, 0) is 62.9 Å². The Labute approximate surface area is 182 Å². The number of amides is 1. The van der Waals surface area contributed by atoms with Crippen molar-refractivity contribution in [2.45, 2.75) is 69.6 Å². The molecule has 30 heavy (non-hydrogen) atoms. The summed E-state index contributed by atoms with van der Waals surface area (Å²) in [7, 11) is -3.58. The van der Waals surface area contributed by atoms with Gasteiger partial charge in [0.2, 0.25) is 0 Å². The zero-order valence-electron chi connectivity index (χ0n) is 17.5. The Morgan fingerprint density at radius 1 is 1.13 bits per heavy atom. The molecule has 0 aliphatic heterocycles. The summed E-state index contributed by atoms with van der Waals surface area (Å²) in [6.07, 6.45) is 4.09. The Bertz CT molecular complexity index is 1130. The van der Waals surface area contributed by atoms with Crippen molar-refractivity contribution in [3.05, 3.63) is 61.5 Å². The van der Waals surface area contributed by atoms with E-state index in [0.717, 1.165) is 30.5 Å². The second-order valence-electron chi connectivity index (χ2n) is 8.01. The van der Waals surface area contributed by atoms with E-state index in [2.05, 4.69) is 10.3 Å². The summed E-state index contributed by atoms with van der Waals surface area (Å²) < 4.78 is 26.4. The van der Waals surface area contributed by atoms with Gasteiger partial charge in [0.05, 0.1) is 10.1 Å². The van der Waals surface area contributed by atoms with Gasteiger partial charge in [-0.25, -0.2) is 8.42 Å². The highest BCUT2D eigenvalue weighted by Gasteiger charge is 2.31. The lowest BCUT2D eigenvalue weighted by Crippen LogP contribution is -2.29. The largest absolute Gasteiger partial charge is 0.348 e. The van der Waals surface area contributed by atoms with Gasteiger partial charge in [-0.3, -0.25) is 9.59 Å². The van der Waals surface area contributed by atoms with Crippen molar-refractivity contribution >= 4 is 27.3 Å². The van der Waals surface area contributed by atoms with E-state index in [1.165, 1.54) is 12.1 Å². The fourth-order valence-corrected chi connectivity index (χ4v) is 6.53. The molecular weight excluding hydrogens is 424 g/mol. The predicted octanol–water partition coefficient (Wildman–Crippen LogP) is 3.99. The lowest BCUT2D eigenvalue weighted by atomic mass is 10.0. The summed E-state index contributed by atoms with van der Waals surface area (Å²) >= 11 is 6.20. The standard InChI is InChI=1S/C22H27ClN2O4S/c1-13-9-14(2)25-22(27)19(13)12-24-21(26)18-10-16(23)11-20(15(18)3)30(28,29)17-7-5-4-6-8-17/h9-11,17H,4-8,12H2,1-3H3,(H,24,26)(H,25,27). The van der Waals surface area contributed by atoms with E-state index in [0.29, 0.717) is 24.0 Å². The highest BCUT2D eigenvalue weighted by atomic mass is 35.5. The normalized spacial score (nSPS) is 15.2. The molecule has 1 aromatic carbocycles. The van der Waals surface area contributed by atoms with Crippen LogP contribution in [0.25, 0.3) is 0 Å². The van der Waals surface area contributed by atoms with Gasteiger partial charge in [0, 0.05) is 28.4 Å². The fraction of sp³-hybridized carbons (Fsp3) is 0.455. The number of nitrogens with one attached hydrogen (secondary N) is 2. The Morgan fingerprint density at radius 2 is 1.80 bits per heavy atom. The predicted molar refractivity (Wildman–Crippen MR) is 118 cm³/mol. The molecule has 2 aromatic rings. The van der Waals surface area contributed by atoms with Crippen molar-refractivity contribution in [2.24, 2.45) is 0 Å². The van der Waals surface area contributed by atoms with Crippen molar-refractivity contribution in [1.29, 1.82) is 0 Å². The molecule has 1 fully saturated rings. The van der Waals surface area contributed by atoms with E-state index in [1.807, 2.05) is 13.0 Å². The van der Waals surface area contributed by atoms with Gasteiger partial charge in [0.25, 0.3) is 11.5 Å². The minimum absolute atomic E-state index is 0.0386. The summed E-state index contributed by atoms with van der Waals surface area (Å²) in [5.74, 6) is -0.463. The third-order valence-electron chi connectivity index (χ3n) is 5.79. The molecule has 1 saturated carbocycles. The Morgan fingerprint density at radius 3 is 2.43 bits per heavy atom. The van der Waals surface area contributed by atoms with Crippen LogP contribution in [0.1, 0.15) is 64.8 Å². The Balaban J connectivity index is 1.90. The van der Waals surface area contributed by atoms with Gasteiger partial charge in [-0.1, -0.05) is 30.9 Å². The number of aromatic amines is 1. The van der Waals surface area contributed by atoms with Crippen LogP contribution in [0.4, 0.5) is 0 Å². The van der Waals surface area contributed by atoms with Gasteiger partial charge >= 0.3 is 0 Å². The molecule has 1 aliphatic rings. The minimum Gasteiger partial charge on any atom is -0.348 e. The van der Waals surface area contributed by atoms with E-state index in [1.54, 1.807) is 13.8 Å². The number of aromatic nitrogens is 1. The first-order chi connectivity index (χ1) is 14.1. The quantitative estimate of drug-likeness (QED) is 0.719. The van der Waals surface area contributed by atoms with Gasteiger partial charge < -0.3 is 10.3 Å². The van der Waals surface area contributed by atoms with Crippen molar-refractivity contribution in [2.75, 3.05) is 0 Å². The second-order valence-corrected chi connectivity index (χ2v) is 10.6. The average Bonchev–Trinajstić information content (AvgIpc) is 2.69. The molecular formula is C22H27ClN2O4S. The molecule has 3 rings (SSSR count). The molecule has 0 radical (unpaired) electrons. The fourth-order valence-electron chi connectivity index (χ4n) is 4.11. The highest BCUT2D eigenvalue weighted by molar-refractivity contribution is 7.92. The molecule has 0 unspecified atom stereocenters.